The first-order valence-electron chi connectivity index (χ1n) is 7.62. The molecule has 0 N–H and O–H groups in total. The van der Waals surface area contributed by atoms with Crippen LogP contribution in [0.2, 0.25) is 5.02 Å². The zero-order valence-electron chi connectivity index (χ0n) is 13.5. The number of hydrogen-bond acceptors (Lipinski definition) is 4. The lowest BCUT2D eigenvalue weighted by molar-refractivity contribution is -0.140. The van der Waals surface area contributed by atoms with Crippen molar-refractivity contribution in [3.63, 3.8) is 0 Å². The third-order valence-electron chi connectivity index (χ3n) is 4.15. The van der Waals surface area contributed by atoms with Gasteiger partial charge in [-0.15, -0.1) is 0 Å². The quantitative estimate of drug-likeness (QED) is 0.778. The summed E-state index contributed by atoms with van der Waals surface area (Å²) in [7, 11) is 3.37. The van der Waals surface area contributed by atoms with Gasteiger partial charge in [-0.1, -0.05) is 11.6 Å². The molecule has 0 radical (unpaired) electrons. The monoisotopic (exact) mass is 347 g/mol. The summed E-state index contributed by atoms with van der Waals surface area (Å²) in [4.78, 5) is 26.2. The summed E-state index contributed by atoms with van der Waals surface area (Å²) in [5.74, 6) is -0.0654. The van der Waals surface area contributed by atoms with Gasteiger partial charge in [0, 0.05) is 30.3 Å². The summed E-state index contributed by atoms with van der Waals surface area (Å²) in [6, 6.07) is 5.16. The molecule has 1 fully saturated rings. The highest BCUT2D eigenvalue weighted by Crippen LogP contribution is 2.29. The first kappa shape index (κ1) is 16.5. The van der Waals surface area contributed by atoms with Crippen LogP contribution in [0.3, 0.4) is 0 Å². The summed E-state index contributed by atoms with van der Waals surface area (Å²) in [5, 5.41) is 4.64. The number of aromatic nitrogens is 2. The molecule has 24 heavy (non-hydrogen) atoms. The Morgan fingerprint density at radius 2 is 2.17 bits per heavy atom. The molecule has 0 spiro atoms. The maximum Gasteiger partial charge on any atom is 0.233 e. The van der Waals surface area contributed by atoms with Crippen LogP contribution in [0, 0.1) is 5.92 Å². The average molecular weight is 348 g/mol. The smallest absolute Gasteiger partial charge is 0.233 e. The van der Waals surface area contributed by atoms with E-state index >= 15 is 0 Å². The highest BCUT2D eigenvalue weighted by molar-refractivity contribution is 6.30. The van der Waals surface area contributed by atoms with Gasteiger partial charge in [0.05, 0.1) is 25.8 Å². The fourth-order valence-corrected chi connectivity index (χ4v) is 3.17. The lowest BCUT2D eigenvalue weighted by Gasteiger charge is -2.17. The highest BCUT2D eigenvalue weighted by atomic mass is 35.5. The van der Waals surface area contributed by atoms with Crippen LogP contribution in [-0.4, -0.2) is 33.6 Å². The lowest BCUT2D eigenvalue weighted by Crippen LogP contribution is -2.30. The van der Waals surface area contributed by atoms with Gasteiger partial charge in [0.2, 0.25) is 11.8 Å². The molecule has 0 saturated carbocycles. The van der Waals surface area contributed by atoms with Gasteiger partial charge in [-0.05, 0) is 30.2 Å². The minimum atomic E-state index is -0.341. The van der Waals surface area contributed by atoms with Crippen molar-refractivity contribution < 1.29 is 14.3 Å². The summed E-state index contributed by atoms with van der Waals surface area (Å²) < 4.78 is 6.97. The Kier molecular flexibility index (Phi) is 4.57. The minimum Gasteiger partial charge on any atom is -0.496 e. The van der Waals surface area contributed by atoms with Crippen LogP contribution in [0.4, 0.5) is 0 Å². The molecule has 2 amide bonds. The van der Waals surface area contributed by atoms with Gasteiger partial charge in [-0.25, -0.2) is 0 Å². The Hall–Kier alpha value is -2.34. The molecule has 1 aromatic carbocycles. The number of benzene rings is 1. The van der Waals surface area contributed by atoms with Crippen LogP contribution < -0.4 is 4.74 Å². The molecule has 1 aliphatic heterocycles. The summed E-state index contributed by atoms with van der Waals surface area (Å²) in [6.07, 6.45) is 4.32. The molecule has 126 valence electrons. The van der Waals surface area contributed by atoms with Gasteiger partial charge in [0.25, 0.3) is 0 Å². The molecule has 0 bridgehead atoms. The van der Waals surface area contributed by atoms with E-state index in [4.69, 9.17) is 16.3 Å². The van der Waals surface area contributed by atoms with Crippen molar-refractivity contribution in [1.29, 1.82) is 0 Å². The number of halogens is 1. The number of aryl methyl sites for hydroxylation is 1. The molecule has 0 unspecified atom stereocenters. The number of carbonyl (C=O) groups excluding carboxylic acids is 2. The predicted molar refractivity (Wildman–Crippen MR) is 88.6 cm³/mol. The van der Waals surface area contributed by atoms with E-state index < -0.39 is 0 Å². The number of rotatable bonds is 5. The second-order valence-corrected chi connectivity index (χ2v) is 6.34. The Labute approximate surface area is 145 Å². The van der Waals surface area contributed by atoms with Crippen molar-refractivity contribution in [1.82, 2.24) is 14.7 Å². The zero-order chi connectivity index (χ0) is 17.3. The SMILES string of the molecule is COc1ccc(Cl)cc1CN1C(=O)C[C@H](Cc2cnn(C)c2)C1=O. The third kappa shape index (κ3) is 3.28. The fourth-order valence-electron chi connectivity index (χ4n) is 2.98. The van der Waals surface area contributed by atoms with Crippen LogP contribution >= 0.6 is 11.6 Å². The normalized spacial score (nSPS) is 17.6. The average Bonchev–Trinajstić information content (AvgIpc) is 3.06. The van der Waals surface area contributed by atoms with Gasteiger partial charge < -0.3 is 4.74 Å². The Balaban J connectivity index is 1.76. The van der Waals surface area contributed by atoms with Crippen molar-refractivity contribution in [2.75, 3.05) is 7.11 Å². The summed E-state index contributed by atoms with van der Waals surface area (Å²) in [5.41, 5.74) is 1.67. The molecular weight excluding hydrogens is 330 g/mol. The Morgan fingerprint density at radius 1 is 1.38 bits per heavy atom. The van der Waals surface area contributed by atoms with E-state index in [1.54, 1.807) is 36.2 Å². The Bertz CT molecular complexity index is 787. The second-order valence-electron chi connectivity index (χ2n) is 5.90. The number of amides is 2. The van der Waals surface area contributed by atoms with Gasteiger partial charge in [-0.3, -0.25) is 19.2 Å². The van der Waals surface area contributed by atoms with Crippen molar-refractivity contribution in [2.45, 2.75) is 19.4 Å². The number of methoxy groups -OCH3 is 1. The van der Waals surface area contributed by atoms with Crippen LogP contribution in [-0.2, 0) is 29.6 Å². The van der Waals surface area contributed by atoms with Crippen LogP contribution in [0.1, 0.15) is 17.5 Å². The fraction of sp³-hybridized carbons (Fsp3) is 0.353. The highest BCUT2D eigenvalue weighted by Gasteiger charge is 2.38. The second kappa shape index (κ2) is 6.65. The molecule has 2 heterocycles. The number of hydrogen-bond donors (Lipinski definition) is 0. The van der Waals surface area contributed by atoms with Crippen LogP contribution in [0.25, 0.3) is 0 Å². The largest absolute Gasteiger partial charge is 0.496 e. The van der Waals surface area contributed by atoms with Crippen molar-refractivity contribution in [3.05, 3.63) is 46.7 Å². The molecule has 1 atom stereocenters. The van der Waals surface area contributed by atoms with Gasteiger partial charge in [0.1, 0.15) is 5.75 Å². The number of imide groups is 1. The van der Waals surface area contributed by atoms with E-state index in [1.807, 2.05) is 13.2 Å². The van der Waals surface area contributed by atoms with Crippen molar-refractivity contribution in [2.24, 2.45) is 13.0 Å². The molecule has 1 aliphatic rings. The van der Waals surface area contributed by atoms with E-state index in [1.165, 1.54) is 4.90 Å². The lowest BCUT2D eigenvalue weighted by atomic mass is 10.0. The van der Waals surface area contributed by atoms with Gasteiger partial charge in [0.15, 0.2) is 0 Å². The number of ether oxygens (including phenoxy) is 1. The zero-order valence-corrected chi connectivity index (χ0v) is 14.3. The molecule has 1 saturated heterocycles. The van der Waals surface area contributed by atoms with Crippen LogP contribution in [0.5, 0.6) is 5.75 Å². The molecule has 6 nitrogen and oxygen atoms in total. The van der Waals surface area contributed by atoms with E-state index in [2.05, 4.69) is 5.10 Å². The van der Waals surface area contributed by atoms with E-state index in [0.29, 0.717) is 22.8 Å². The first-order valence-corrected chi connectivity index (χ1v) is 8.00. The van der Waals surface area contributed by atoms with E-state index in [9.17, 15) is 9.59 Å². The molecule has 0 aliphatic carbocycles. The molecule has 3 rings (SSSR count). The minimum absolute atomic E-state index is 0.161. The standard InChI is InChI=1S/C17H18ClN3O3/c1-20-9-11(8-19-20)5-12-7-16(22)21(17(12)23)10-13-6-14(18)3-4-15(13)24-2/h3-4,6,8-9,12H,5,7,10H2,1-2H3/t12-/m0/s1. The number of carbonyl (C=O) groups is 2. The number of nitrogens with zero attached hydrogens (tertiary/aromatic N) is 3. The van der Waals surface area contributed by atoms with Gasteiger partial charge in [-0.2, -0.15) is 5.10 Å². The first-order chi connectivity index (χ1) is 11.5. The van der Waals surface area contributed by atoms with Gasteiger partial charge >= 0.3 is 0 Å². The molecule has 1 aromatic heterocycles. The predicted octanol–water partition coefficient (Wildman–Crippen LogP) is 2.20. The summed E-state index contributed by atoms with van der Waals surface area (Å²) in [6.45, 7) is 0.172. The topological polar surface area (TPSA) is 64.4 Å². The molecule has 7 heteroatoms. The van der Waals surface area contributed by atoms with E-state index in [-0.39, 0.29) is 30.7 Å². The molecule has 2 aromatic rings. The maximum atomic E-state index is 12.6. The number of likely N-dealkylation sites (tertiary alicyclic amines) is 1. The molecular formula is C17H18ClN3O3. The van der Waals surface area contributed by atoms with Crippen molar-refractivity contribution in [3.8, 4) is 5.75 Å². The third-order valence-corrected chi connectivity index (χ3v) is 4.38. The van der Waals surface area contributed by atoms with Crippen LogP contribution in [0.15, 0.2) is 30.6 Å². The Morgan fingerprint density at radius 3 is 2.83 bits per heavy atom. The summed E-state index contributed by atoms with van der Waals surface area (Å²) >= 11 is 6.02. The van der Waals surface area contributed by atoms with E-state index in [0.717, 1.165) is 5.56 Å². The maximum absolute atomic E-state index is 12.6. The van der Waals surface area contributed by atoms with Crippen molar-refractivity contribution >= 4 is 23.4 Å².